The van der Waals surface area contributed by atoms with Gasteiger partial charge in [-0.2, -0.15) is 5.26 Å². The smallest absolute Gasteiger partial charge is 0.238 e. The highest BCUT2D eigenvalue weighted by Gasteiger charge is 2.35. The molecule has 0 heterocycles. The van der Waals surface area contributed by atoms with Crippen molar-refractivity contribution in [3.8, 4) is 11.8 Å². The van der Waals surface area contributed by atoms with Crippen LogP contribution in [0.4, 0.5) is 0 Å². The van der Waals surface area contributed by atoms with E-state index < -0.39 is 5.54 Å². The number of carbonyl (C=O) groups excluding carboxylic acids is 1. The van der Waals surface area contributed by atoms with Gasteiger partial charge in [-0.25, -0.2) is 0 Å². The van der Waals surface area contributed by atoms with Gasteiger partial charge in [0.15, 0.2) is 0 Å². The molecular weight excluding hydrogens is 350 g/mol. The first-order valence-electron chi connectivity index (χ1n) is 9.96. The Labute approximate surface area is 167 Å². The van der Waals surface area contributed by atoms with Gasteiger partial charge < -0.3 is 10.1 Å². The van der Waals surface area contributed by atoms with E-state index in [-0.39, 0.29) is 11.9 Å². The van der Waals surface area contributed by atoms with E-state index in [0.717, 1.165) is 54.2 Å². The summed E-state index contributed by atoms with van der Waals surface area (Å²) >= 11 is 0. The third-order valence-corrected chi connectivity index (χ3v) is 5.87. The van der Waals surface area contributed by atoms with Crippen LogP contribution in [0, 0.1) is 11.3 Å². The zero-order valence-electron chi connectivity index (χ0n) is 17.0. The number of likely N-dealkylation sites (N-methyl/N-ethyl adjacent to an activating group) is 1. The second kappa shape index (κ2) is 8.62. The van der Waals surface area contributed by atoms with Gasteiger partial charge in [-0.1, -0.05) is 37.5 Å². The second-order valence-electron chi connectivity index (χ2n) is 7.88. The van der Waals surface area contributed by atoms with Gasteiger partial charge in [0.2, 0.25) is 5.91 Å². The van der Waals surface area contributed by atoms with Crippen LogP contribution in [0.1, 0.15) is 44.6 Å². The summed E-state index contributed by atoms with van der Waals surface area (Å²) in [5.41, 5.74) is 0.458. The number of carbonyl (C=O) groups is 1. The first-order valence-corrected chi connectivity index (χ1v) is 9.96. The van der Waals surface area contributed by atoms with Crippen molar-refractivity contribution in [3.63, 3.8) is 0 Å². The third kappa shape index (κ3) is 4.45. The van der Waals surface area contributed by atoms with Crippen molar-refractivity contribution in [1.29, 1.82) is 5.26 Å². The zero-order chi connectivity index (χ0) is 20.1. The van der Waals surface area contributed by atoms with Crippen LogP contribution in [-0.4, -0.2) is 36.5 Å². The molecule has 1 N–H and O–H groups in total. The first kappa shape index (κ1) is 20.2. The Bertz CT molecular complexity index is 881. The van der Waals surface area contributed by atoms with Gasteiger partial charge in [0, 0.05) is 6.54 Å². The van der Waals surface area contributed by atoms with Crippen molar-refractivity contribution < 1.29 is 9.53 Å². The number of ether oxygens (including phenoxy) is 1. The topological polar surface area (TPSA) is 65.4 Å². The summed E-state index contributed by atoms with van der Waals surface area (Å²) in [7, 11) is 3.61. The van der Waals surface area contributed by atoms with E-state index >= 15 is 0 Å². The van der Waals surface area contributed by atoms with Gasteiger partial charge in [0.25, 0.3) is 0 Å². The number of fused-ring (bicyclic) bond motifs is 1. The number of nitriles is 1. The van der Waals surface area contributed by atoms with Crippen molar-refractivity contribution in [2.75, 3.05) is 14.2 Å². The first-order chi connectivity index (χ1) is 13.5. The molecule has 1 aliphatic carbocycles. The van der Waals surface area contributed by atoms with Crippen LogP contribution in [0.3, 0.4) is 0 Å². The van der Waals surface area contributed by atoms with Crippen molar-refractivity contribution in [2.24, 2.45) is 0 Å². The van der Waals surface area contributed by atoms with Crippen LogP contribution in [0.25, 0.3) is 10.8 Å². The molecule has 2 aromatic carbocycles. The van der Waals surface area contributed by atoms with Crippen LogP contribution < -0.4 is 10.1 Å². The molecule has 28 heavy (non-hydrogen) atoms. The number of amides is 1. The molecule has 1 aliphatic rings. The molecule has 0 aliphatic heterocycles. The molecule has 3 rings (SSSR count). The lowest BCUT2D eigenvalue weighted by Gasteiger charge is -2.34. The molecule has 1 atom stereocenters. The highest BCUT2D eigenvalue weighted by molar-refractivity contribution is 5.85. The predicted molar refractivity (Wildman–Crippen MR) is 111 cm³/mol. The maximum absolute atomic E-state index is 12.8. The summed E-state index contributed by atoms with van der Waals surface area (Å²) in [5, 5.41) is 14.9. The van der Waals surface area contributed by atoms with Gasteiger partial charge in [-0.3, -0.25) is 9.69 Å². The molecule has 5 nitrogen and oxygen atoms in total. The molecule has 0 saturated heterocycles. The molecule has 0 aromatic heterocycles. The summed E-state index contributed by atoms with van der Waals surface area (Å²) in [4.78, 5) is 14.8. The van der Waals surface area contributed by atoms with Gasteiger partial charge in [-0.15, -0.1) is 0 Å². The van der Waals surface area contributed by atoms with Gasteiger partial charge in [-0.05, 0) is 61.3 Å². The number of benzene rings is 2. The van der Waals surface area contributed by atoms with Crippen LogP contribution in [0.5, 0.6) is 5.75 Å². The summed E-state index contributed by atoms with van der Waals surface area (Å²) in [5.74, 6) is 0.772. The lowest BCUT2D eigenvalue weighted by Crippen LogP contribution is -2.54. The SMILES string of the molecule is COc1ccc2cc(CN(C)C(C)C(=O)NC3(C#N)CCCCC3)ccc2c1. The zero-order valence-corrected chi connectivity index (χ0v) is 17.0. The second-order valence-corrected chi connectivity index (χ2v) is 7.88. The van der Waals surface area contributed by atoms with Crippen molar-refractivity contribution in [2.45, 2.75) is 57.2 Å². The number of nitrogens with zero attached hydrogens (tertiary/aromatic N) is 2. The molecule has 5 heteroatoms. The number of hydrogen-bond donors (Lipinski definition) is 1. The lowest BCUT2D eigenvalue weighted by molar-refractivity contribution is -0.127. The maximum atomic E-state index is 12.8. The largest absolute Gasteiger partial charge is 0.497 e. The Morgan fingerprint density at radius 3 is 2.57 bits per heavy atom. The average Bonchev–Trinajstić information content (AvgIpc) is 2.73. The fourth-order valence-corrected chi connectivity index (χ4v) is 3.88. The normalized spacial score (nSPS) is 17.1. The van der Waals surface area contributed by atoms with Crippen LogP contribution in [-0.2, 0) is 11.3 Å². The quantitative estimate of drug-likeness (QED) is 0.823. The van der Waals surface area contributed by atoms with Gasteiger partial charge in [0.05, 0.1) is 19.2 Å². The van der Waals surface area contributed by atoms with Crippen LogP contribution >= 0.6 is 0 Å². The van der Waals surface area contributed by atoms with Gasteiger partial charge in [0.1, 0.15) is 11.3 Å². The van der Waals surface area contributed by atoms with E-state index in [1.165, 1.54) is 0 Å². The Morgan fingerprint density at radius 1 is 1.21 bits per heavy atom. The Balaban J connectivity index is 1.66. The summed E-state index contributed by atoms with van der Waals surface area (Å²) < 4.78 is 5.28. The minimum absolute atomic E-state index is 0.0727. The fourth-order valence-electron chi connectivity index (χ4n) is 3.88. The molecule has 1 unspecified atom stereocenters. The molecule has 0 spiro atoms. The van der Waals surface area contributed by atoms with E-state index in [1.807, 2.05) is 37.1 Å². The van der Waals surface area contributed by atoms with E-state index in [2.05, 4.69) is 29.6 Å². The molecule has 148 valence electrons. The Kier molecular flexibility index (Phi) is 6.21. The number of hydrogen-bond acceptors (Lipinski definition) is 4. The van der Waals surface area contributed by atoms with E-state index in [0.29, 0.717) is 6.54 Å². The summed E-state index contributed by atoms with van der Waals surface area (Å²) in [6, 6.07) is 14.4. The fraction of sp³-hybridized carbons (Fsp3) is 0.478. The minimum Gasteiger partial charge on any atom is -0.497 e. The van der Waals surface area contributed by atoms with E-state index in [4.69, 9.17) is 4.74 Å². The lowest BCUT2D eigenvalue weighted by atomic mass is 9.82. The minimum atomic E-state index is -0.688. The molecule has 2 aromatic rings. The molecule has 1 fully saturated rings. The highest BCUT2D eigenvalue weighted by Crippen LogP contribution is 2.28. The third-order valence-electron chi connectivity index (χ3n) is 5.87. The summed E-state index contributed by atoms with van der Waals surface area (Å²) in [6.07, 6.45) is 4.64. The molecule has 0 radical (unpaired) electrons. The molecular formula is C23H29N3O2. The summed E-state index contributed by atoms with van der Waals surface area (Å²) in [6.45, 7) is 2.56. The number of nitrogens with one attached hydrogen (secondary N) is 1. The Morgan fingerprint density at radius 2 is 1.89 bits per heavy atom. The van der Waals surface area contributed by atoms with Crippen LogP contribution in [0.15, 0.2) is 36.4 Å². The predicted octanol–water partition coefficient (Wildman–Crippen LogP) is 4.01. The van der Waals surface area contributed by atoms with Crippen molar-refractivity contribution in [1.82, 2.24) is 10.2 Å². The van der Waals surface area contributed by atoms with Crippen LogP contribution in [0.2, 0.25) is 0 Å². The van der Waals surface area contributed by atoms with E-state index in [9.17, 15) is 10.1 Å². The van der Waals surface area contributed by atoms with Gasteiger partial charge >= 0.3 is 0 Å². The monoisotopic (exact) mass is 379 g/mol. The van der Waals surface area contributed by atoms with E-state index in [1.54, 1.807) is 7.11 Å². The average molecular weight is 380 g/mol. The highest BCUT2D eigenvalue weighted by atomic mass is 16.5. The van der Waals surface area contributed by atoms with Crippen molar-refractivity contribution >= 4 is 16.7 Å². The molecule has 1 saturated carbocycles. The van der Waals surface area contributed by atoms with Crippen molar-refractivity contribution in [3.05, 3.63) is 42.0 Å². The Hall–Kier alpha value is -2.58. The maximum Gasteiger partial charge on any atom is 0.238 e. The standard InChI is InChI=1S/C23H29N3O2/c1-17(22(27)25-23(16-24)11-5-4-6-12-23)26(2)15-18-7-8-20-14-21(28-3)10-9-19(20)13-18/h7-10,13-14,17H,4-6,11-12,15H2,1-3H3,(H,25,27). The number of rotatable bonds is 6. The number of methoxy groups -OCH3 is 1. The molecule has 0 bridgehead atoms. The molecule has 1 amide bonds.